The molecule has 4 rings (SSSR count). The van der Waals surface area contributed by atoms with Gasteiger partial charge in [-0.2, -0.15) is 0 Å². The molecular formula is C21H18N4O3. The molecule has 1 amide bonds. The molecular weight excluding hydrogens is 356 g/mol. The molecule has 7 heteroatoms. The minimum Gasteiger partial charge on any atom is -0.497 e. The second-order valence-electron chi connectivity index (χ2n) is 6.06. The highest BCUT2D eigenvalue weighted by Crippen LogP contribution is 2.27. The molecule has 2 N–H and O–H groups in total. The Kier molecular flexibility index (Phi) is 4.63. The number of imidazole rings is 1. The topological polar surface area (TPSA) is 89.1 Å². The molecule has 0 unspecified atom stereocenters. The van der Waals surface area contributed by atoms with Crippen LogP contribution in [0.4, 0.5) is 5.69 Å². The highest BCUT2D eigenvalue weighted by Gasteiger charge is 2.14. The Hall–Kier alpha value is -3.87. The summed E-state index contributed by atoms with van der Waals surface area (Å²) in [5.74, 6) is 1.47. The summed E-state index contributed by atoms with van der Waals surface area (Å²) >= 11 is 0. The van der Waals surface area contributed by atoms with Crippen molar-refractivity contribution in [2.45, 2.75) is 0 Å². The molecule has 7 nitrogen and oxygen atoms in total. The lowest BCUT2D eigenvalue weighted by Gasteiger charge is -2.11. The SMILES string of the molecule is COc1ccc(C(=O)Nc2cccc(-c3nc4ncccc4[nH]3)c2)c(OC)c1. The predicted octanol–water partition coefficient (Wildman–Crippen LogP) is 3.89. The summed E-state index contributed by atoms with van der Waals surface area (Å²) in [4.78, 5) is 24.7. The average Bonchev–Trinajstić information content (AvgIpc) is 3.17. The van der Waals surface area contributed by atoms with Crippen molar-refractivity contribution in [2.24, 2.45) is 0 Å². The van der Waals surface area contributed by atoms with Crippen LogP contribution in [0.25, 0.3) is 22.6 Å². The van der Waals surface area contributed by atoms with Gasteiger partial charge in [0.05, 0.1) is 25.3 Å². The largest absolute Gasteiger partial charge is 0.497 e. The van der Waals surface area contributed by atoms with Crippen LogP contribution < -0.4 is 14.8 Å². The van der Waals surface area contributed by atoms with E-state index in [-0.39, 0.29) is 5.91 Å². The van der Waals surface area contributed by atoms with E-state index in [1.54, 1.807) is 31.5 Å². The van der Waals surface area contributed by atoms with Crippen LogP contribution in [0.5, 0.6) is 11.5 Å². The van der Waals surface area contributed by atoms with Crippen molar-refractivity contribution in [2.75, 3.05) is 19.5 Å². The molecule has 0 fully saturated rings. The number of nitrogens with zero attached hydrogens (tertiary/aromatic N) is 2. The van der Waals surface area contributed by atoms with Crippen molar-refractivity contribution in [3.05, 3.63) is 66.4 Å². The van der Waals surface area contributed by atoms with Gasteiger partial charge in [0.1, 0.15) is 17.3 Å². The number of carbonyl (C=O) groups is 1. The highest BCUT2D eigenvalue weighted by molar-refractivity contribution is 6.06. The number of methoxy groups -OCH3 is 2. The molecule has 0 atom stereocenters. The summed E-state index contributed by atoms with van der Waals surface area (Å²) in [6.07, 6.45) is 1.70. The van der Waals surface area contributed by atoms with E-state index >= 15 is 0 Å². The molecule has 0 saturated carbocycles. The van der Waals surface area contributed by atoms with Gasteiger partial charge in [0.15, 0.2) is 5.65 Å². The number of H-pyrrole nitrogens is 1. The molecule has 0 saturated heterocycles. The summed E-state index contributed by atoms with van der Waals surface area (Å²) in [6, 6.07) is 16.3. The van der Waals surface area contributed by atoms with Gasteiger partial charge in [0.25, 0.3) is 5.91 Å². The molecule has 0 bridgehead atoms. The predicted molar refractivity (Wildman–Crippen MR) is 107 cm³/mol. The van der Waals surface area contributed by atoms with Crippen molar-refractivity contribution in [1.29, 1.82) is 0 Å². The normalized spacial score (nSPS) is 10.6. The van der Waals surface area contributed by atoms with Crippen LogP contribution in [-0.2, 0) is 0 Å². The molecule has 28 heavy (non-hydrogen) atoms. The van der Waals surface area contributed by atoms with Crippen LogP contribution in [0.2, 0.25) is 0 Å². The minimum absolute atomic E-state index is 0.275. The van der Waals surface area contributed by atoms with E-state index in [1.165, 1.54) is 7.11 Å². The molecule has 140 valence electrons. The summed E-state index contributed by atoms with van der Waals surface area (Å²) in [5.41, 5.74) is 3.41. The molecule has 0 radical (unpaired) electrons. The smallest absolute Gasteiger partial charge is 0.259 e. The Morgan fingerprint density at radius 3 is 2.71 bits per heavy atom. The molecule has 2 aromatic carbocycles. The number of carbonyl (C=O) groups excluding carboxylic acids is 1. The lowest BCUT2D eigenvalue weighted by atomic mass is 10.1. The number of anilines is 1. The molecule has 0 spiro atoms. The zero-order valence-electron chi connectivity index (χ0n) is 15.4. The van der Waals surface area contributed by atoms with Gasteiger partial charge in [-0.05, 0) is 36.4 Å². The fourth-order valence-electron chi connectivity index (χ4n) is 2.91. The highest BCUT2D eigenvalue weighted by atomic mass is 16.5. The first-order valence-corrected chi connectivity index (χ1v) is 8.62. The van der Waals surface area contributed by atoms with E-state index in [4.69, 9.17) is 9.47 Å². The summed E-state index contributed by atoms with van der Waals surface area (Å²) in [5, 5.41) is 2.90. The van der Waals surface area contributed by atoms with Crippen molar-refractivity contribution in [3.8, 4) is 22.9 Å². The fourth-order valence-corrected chi connectivity index (χ4v) is 2.91. The van der Waals surface area contributed by atoms with Gasteiger partial charge in [-0.3, -0.25) is 4.79 Å². The number of ether oxygens (including phenoxy) is 2. The Bertz CT molecular complexity index is 1120. The van der Waals surface area contributed by atoms with Crippen molar-refractivity contribution in [3.63, 3.8) is 0 Å². The van der Waals surface area contributed by atoms with E-state index in [9.17, 15) is 4.79 Å². The molecule has 2 heterocycles. The van der Waals surface area contributed by atoms with Crippen molar-refractivity contribution in [1.82, 2.24) is 15.0 Å². The Morgan fingerprint density at radius 2 is 1.93 bits per heavy atom. The maximum atomic E-state index is 12.7. The number of hydrogen-bond acceptors (Lipinski definition) is 5. The molecule has 4 aromatic rings. The lowest BCUT2D eigenvalue weighted by molar-refractivity contribution is 0.102. The molecule has 0 aliphatic carbocycles. The van der Waals surface area contributed by atoms with E-state index < -0.39 is 0 Å². The van der Waals surface area contributed by atoms with Crippen molar-refractivity contribution >= 4 is 22.8 Å². The first-order valence-electron chi connectivity index (χ1n) is 8.62. The third kappa shape index (κ3) is 3.37. The van der Waals surface area contributed by atoms with E-state index in [0.717, 1.165) is 11.1 Å². The van der Waals surface area contributed by atoms with Gasteiger partial charge in [0.2, 0.25) is 0 Å². The van der Waals surface area contributed by atoms with Crippen LogP contribution in [0.3, 0.4) is 0 Å². The standard InChI is InChI=1S/C21H18N4O3/c1-27-15-8-9-16(18(12-15)28-2)21(26)23-14-6-3-5-13(11-14)19-24-17-7-4-10-22-20(17)25-19/h3-12H,1-2H3,(H,23,26)(H,22,24,25). The van der Waals surface area contributed by atoms with Gasteiger partial charge in [0, 0.05) is 23.5 Å². The number of benzene rings is 2. The van der Waals surface area contributed by atoms with Gasteiger partial charge < -0.3 is 19.8 Å². The van der Waals surface area contributed by atoms with E-state index in [1.807, 2.05) is 36.4 Å². The third-order valence-electron chi connectivity index (χ3n) is 4.30. The fraction of sp³-hybridized carbons (Fsp3) is 0.0952. The number of amides is 1. The van der Waals surface area contributed by atoms with Crippen LogP contribution in [0, 0.1) is 0 Å². The van der Waals surface area contributed by atoms with E-state index in [0.29, 0.717) is 34.2 Å². The van der Waals surface area contributed by atoms with Crippen molar-refractivity contribution < 1.29 is 14.3 Å². The Morgan fingerprint density at radius 1 is 1.04 bits per heavy atom. The minimum atomic E-state index is -0.275. The first kappa shape index (κ1) is 17.5. The number of pyridine rings is 1. The summed E-state index contributed by atoms with van der Waals surface area (Å²) < 4.78 is 10.5. The molecule has 0 aliphatic heterocycles. The third-order valence-corrected chi connectivity index (χ3v) is 4.30. The molecule has 2 aromatic heterocycles. The summed E-state index contributed by atoms with van der Waals surface area (Å²) in [6.45, 7) is 0. The number of aromatic amines is 1. The first-order chi connectivity index (χ1) is 13.7. The zero-order chi connectivity index (χ0) is 19.5. The monoisotopic (exact) mass is 374 g/mol. The van der Waals surface area contributed by atoms with Crippen LogP contribution in [0.15, 0.2) is 60.8 Å². The van der Waals surface area contributed by atoms with Crippen LogP contribution in [-0.4, -0.2) is 35.1 Å². The van der Waals surface area contributed by atoms with Crippen LogP contribution >= 0.6 is 0 Å². The average molecular weight is 374 g/mol. The zero-order valence-corrected chi connectivity index (χ0v) is 15.4. The maximum absolute atomic E-state index is 12.7. The Labute approximate surface area is 161 Å². The number of aromatic nitrogens is 3. The number of fused-ring (bicyclic) bond motifs is 1. The number of nitrogens with one attached hydrogen (secondary N) is 2. The van der Waals surface area contributed by atoms with Gasteiger partial charge in [-0.15, -0.1) is 0 Å². The second kappa shape index (κ2) is 7.40. The number of hydrogen-bond donors (Lipinski definition) is 2. The number of rotatable bonds is 5. The van der Waals surface area contributed by atoms with E-state index in [2.05, 4.69) is 20.3 Å². The quantitative estimate of drug-likeness (QED) is 0.553. The van der Waals surface area contributed by atoms with Gasteiger partial charge in [-0.1, -0.05) is 12.1 Å². The van der Waals surface area contributed by atoms with Gasteiger partial charge >= 0.3 is 0 Å². The van der Waals surface area contributed by atoms with Crippen LogP contribution in [0.1, 0.15) is 10.4 Å². The molecule has 0 aliphatic rings. The summed E-state index contributed by atoms with van der Waals surface area (Å²) in [7, 11) is 3.08. The lowest BCUT2D eigenvalue weighted by Crippen LogP contribution is -2.13. The maximum Gasteiger partial charge on any atom is 0.259 e. The van der Waals surface area contributed by atoms with Gasteiger partial charge in [-0.25, -0.2) is 9.97 Å². The second-order valence-corrected chi connectivity index (χ2v) is 6.06. The Balaban J connectivity index is 1.61.